The first kappa shape index (κ1) is 15.4. The number of nitrogens with one attached hydrogen (secondary N) is 1. The molecule has 1 N–H and O–H groups in total. The minimum atomic E-state index is 0.403. The maximum absolute atomic E-state index is 4.70. The van der Waals surface area contributed by atoms with Gasteiger partial charge in [-0.3, -0.25) is 0 Å². The minimum Gasteiger partial charge on any atom is -0.369 e. The highest BCUT2D eigenvalue weighted by molar-refractivity contribution is 9.10. The quantitative estimate of drug-likeness (QED) is 0.869. The maximum atomic E-state index is 4.70. The topological polar surface area (TPSA) is 37.8 Å². The predicted molar refractivity (Wildman–Crippen MR) is 90.3 cm³/mol. The molecule has 1 aromatic heterocycles. The normalized spacial score (nSPS) is 27.3. The zero-order chi connectivity index (χ0) is 14.0. The number of nitrogens with zero attached hydrogens (tertiary/aromatic N) is 2. The van der Waals surface area contributed by atoms with E-state index >= 15 is 0 Å². The predicted octanol–water partition coefficient (Wildman–Crippen LogP) is 4.28. The van der Waals surface area contributed by atoms with Gasteiger partial charge >= 0.3 is 0 Å². The number of hydrogen-bond acceptors (Lipinski definition) is 5. The molecule has 6 heteroatoms. The maximum Gasteiger partial charge on any atom is 0.144 e. The lowest BCUT2D eigenvalue weighted by Crippen LogP contribution is -2.23. The van der Waals surface area contributed by atoms with Crippen molar-refractivity contribution in [3.05, 3.63) is 16.0 Å². The fraction of sp³-hybridized carbons (Fsp3) is 0.692. The third-order valence-electron chi connectivity index (χ3n) is 3.22. The average Bonchev–Trinajstić information content (AvgIpc) is 2.38. The van der Waals surface area contributed by atoms with Crippen molar-refractivity contribution in [3.63, 3.8) is 0 Å². The summed E-state index contributed by atoms with van der Waals surface area (Å²) in [7, 11) is 0. The van der Waals surface area contributed by atoms with Gasteiger partial charge in [0.05, 0.1) is 15.4 Å². The molecule has 0 radical (unpaired) electrons. The van der Waals surface area contributed by atoms with Crippen LogP contribution < -0.4 is 5.32 Å². The monoisotopic (exact) mass is 361 g/mol. The molecule has 1 aliphatic rings. The van der Waals surface area contributed by atoms with Gasteiger partial charge < -0.3 is 5.32 Å². The Morgan fingerprint density at radius 3 is 2.68 bits per heavy atom. The van der Waals surface area contributed by atoms with Crippen LogP contribution in [0.2, 0.25) is 0 Å². The SMILES string of the molecule is CCNc1nc(C2CSC(C)C(C)S2)nc(C)c1Br. The lowest BCUT2D eigenvalue weighted by Gasteiger charge is -2.30. The van der Waals surface area contributed by atoms with Gasteiger partial charge in [0, 0.05) is 22.8 Å². The second-order valence-electron chi connectivity index (χ2n) is 4.73. The van der Waals surface area contributed by atoms with E-state index in [2.05, 4.69) is 47.0 Å². The van der Waals surface area contributed by atoms with Crippen molar-refractivity contribution < 1.29 is 0 Å². The Bertz CT molecular complexity index is 456. The van der Waals surface area contributed by atoms with Crippen molar-refractivity contribution in [1.82, 2.24) is 9.97 Å². The van der Waals surface area contributed by atoms with Crippen LogP contribution in [0.3, 0.4) is 0 Å². The van der Waals surface area contributed by atoms with Crippen molar-refractivity contribution in [2.75, 3.05) is 17.6 Å². The molecule has 3 atom stereocenters. The van der Waals surface area contributed by atoms with E-state index in [1.165, 1.54) is 0 Å². The molecule has 3 nitrogen and oxygen atoms in total. The zero-order valence-electron chi connectivity index (χ0n) is 11.7. The summed E-state index contributed by atoms with van der Waals surface area (Å²) in [6.07, 6.45) is 0. The van der Waals surface area contributed by atoms with E-state index in [9.17, 15) is 0 Å². The molecule has 19 heavy (non-hydrogen) atoms. The molecule has 1 saturated heterocycles. The van der Waals surface area contributed by atoms with Crippen LogP contribution in [0.15, 0.2) is 4.47 Å². The van der Waals surface area contributed by atoms with Crippen LogP contribution in [-0.4, -0.2) is 32.8 Å². The second kappa shape index (κ2) is 6.68. The third-order valence-corrected chi connectivity index (χ3v) is 7.55. The summed E-state index contributed by atoms with van der Waals surface area (Å²) in [5.41, 5.74) is 1.01. The molecule has 0 spiro atoms. The molecule has 2 rings (SSSR count). The molecule has 0 aromatic carbocycles. The van der Waals surface area contributed by atoms with Crippen LogP contribution in [0, 0.1) is 6.92 Å². The zero-order valence-corrected chi connectivity index (χ0v) is 15.0. The summed E-state index contributed by atoms with van der Waals surface area (Å²) in [5, 5.41) is 5.07. The van der Waals surface area contributed by atoms with E-state index in [0.29, 0.717) is 15.7 Å². The highest BCUT2D eigenvalue weighted by Crippen LogP contribution is 2.43. The second-order valence-corrected chi connectivity index (χ2v) is 8.52. The van der Waals surface area contributed by atoms with Crippen LogP contribution in [0.25, 0.3) is 0 Å². The lowest BCUT2D eigenvalue weighted by molar-refractivity contribution is 0.849. The van der Waals surface area contributed by atoms with Crippen molar-refractivity contribution in [3.8, 4) is 0 Å². The third kappa shape index (κ3) is 3.58. The molecular formula is C13H20BrN3S2. The van der Waals surface area contributed by atoms with Crippen LogP contribution in [0.1, 0.15) is 37.5 Å². The Hall–Kier alpha value is 0.0600. The van der Waals surface area contributed by atoms with Gasteiger partial charge in [-0.15, -0.1) is 11.8 Å². The fourth-order valence-electron chi connectivity index (χ4n) is 1.93. The van der Waals surface area contributed by atoms with E-state index in [1.54, 1.807) is 0 Å². The summed E-state index contributed by atoms with van der Waals surface area (Å²) in [4.78, 5) is 9.37. The largest absolute Gasteiger partial charge is 0.369 e. The van der Waals surface area contributed by atoms with Crippen LogP contribution in [0.5, 0.6) is 0 Å². The standard InChI is InChI=1S/C13H20BrN3S2/c1-5-15-13-11(14)7(2)16-12(17-13)10-6-18-8(3)9(4)19-10/h8-10H,5-6H2,1-4H3,(H,15,16,17). The lowest BCUT2D eigenvalue weighted by atomic mass is 10.3. The molecular weight excluding hydrogens is 342 g/mol. The van der Waals surface area contributed by atoms with Crippen LogP contribution in [0.4, 0.5) is 5.82 Å². The number of thioether (sulfide) groups is 2. The number of aryl methyl sites for hydroxylation is 1. The summed E-state index contributed by atoms with van der Waals surface area (Å²) in [6, 6.07) is 0. The van der Waals surface area contributed by atoms with Gasteiger partial charge in [-0.05, 0) is 29.8 Å². The molecule has 0 bridgehead atoms. The van der Waals surface area contributed by atoms with Gasteiger partial charge in [-0.25, -0.2) is 9.97 Å². The number of anilines is 1. The highest BCUT2D eigenvalue weighted by atomic mass is 79.9. The summed E-state index contributed by atoms with van der Waals surface area (Å²) in [5.74, 6) is 2.98. The van der Waals surface area contributed by atoms with Crippen LogP contribution >= 0.6 is 39.5 Å². The molecule has 0 aliphatic carbocycles. The van der Waals surface area contributed by atoms with Gasteiger partial charge in [-0.1, -0.05) is 13.8 Å². The average molecular weight is 362 g/mol. The molecule has 1 fully saturated rings. The first-order valence-corrected chi connectivity index (χ1v) is 9.36. The highest BCUT2D eigenvalue weighted by Gasteiger charge is 2.29. The van der Waals surface area contributed by atoms with Gasteiger partial charge in [0.1, 0.15) is 11.6 Å². The van der Waals surface area contributed by atoms with E-state index in [0.717, 1.165) is 34.1 Å². The number of halogens is 1. The molecule has 3 unspecified atom stereocenters. The Balaban J connectivity index is 2.25. The number of rotatable bonds is 3. The molecule has 106 valence electrons. The number of hydrogen-bond donors (Lipinski definition) is 1. The van der Waals surface area contributed by atoms with E-state index in [1.807, 2.05) is 30.4 Å². The first-order valence-electron chi connectivity index (χ1n) is 6.57. The number of aromatic nitrogens is 2. The molecule has 1 aromatic rings. The van der Waals surface area contributed by atoms with Crippen molar-refractivity contribution >= 4 is 45.3 Å². The Morgan fingerprint density at radius 1 is 1.32 bits per heavy atom. The Morgan fingerprint density at radius 2 is 2.05 bits per heavy atom. The van der Waals surface area contributed by atoms with Gasteiger partial charge in [0.15, 0.2) is 0 Å². The van der Waals surface area contributed by atoms with Gasteiger partial charge in [0.2, 0.25) is 0 Å². The molecule has 1 aliphatic heterocycles. The summed E-state index contributed by atoms with van der Waals surface area (Å²) >= 11 is 7.59. The molecule has 2 heterocycles. The Kier molecular flexibility index (Phi) is 5.43. The Labute approximate surface area is 132 Å². The van der Waals surface area contributed by atoms with E-state index < -0.39 is 0 Å². The van der Waals surface area contributed by atoms with Crippen molar-refractivity contribution in [1.29, 1.82) is 0 Å². The summed E-state index contributed by atoms with van der Waals surface area (Å²) < 4.78 is 0.980. The van der Waals surface area contributed by atoms with Gasteiger partial charge in [-0.2, -0.15) is 11.8 Å². The minimum absolute atomic E-state index is 0.403. The van der Waals surface area contributed by atoms with E-state index in [-0.39, 0.29) is 0 Å². The van der Waals surface area contributed by atoms with Crippen molar-refractivity contribution in [2.24, 2.45) is 0 Å². The van der Waals surface area contributed by atoms with E-state index in [4.69, 9.17) is 4.98 Å². The summed E-state index contributed by atoms with van der Waals surface area (Å²) in [6.45, 7) is 9.58. The van der Waals surface area contributed by atoms with Crippen LogP contribution in [-0.2, 0) is 0 Å². The van der Waals surface area contributed by atoms with Gasteiger partial charge in [0.25, 0.3) is 0 Å². The fourth-order valence-corrected chi connectivity index (χ4v) is 5.09. The molecule has 0 amide bonds. The van der Waals surface area contributed by atoms with Crippen molar-refractivity contribution in [2.45, 2.75) is 43.4 Å². The first-order chi connectivity index (χ1) is 9.02. The smallest absolute Gasteiger partial charge is 0.144 e. The molecule has 0 saturated carbocycles.